The molecule has 0 aliphatic rings. The van der Waals surface area contributed by atoms with E-state index in [0.29, 0.717) is 5.41 Å². The van der Waals surface area contributed by atoms with Gasteiger partial charge >= 0.3 is 0 Å². The molecule has 0 atom stereocenters. The molecule has 0 aromatic rings. The summed E-state index contributed by atoms with van der Waals surface area (Å²) in [6.07, 6.45) is 3.73. The van der Waals surface area contributed by atoms with Gasteiger partial charge in [0.05, 0.1) is 0 Å². The van der Waals surface area contributed by atoms with E-state index in [-0.39, 0.29) is 5.54 Å². The first-order valence-corrected chi connectivity index (χ1v) is 8.80. The monoisotopic (exact) mass is 299 g/mol. The summed E-state index contributed by atoms with van der Waals surface area (Å²) in [6, 6.07) is 0. The van der Waals surface area contributed by atoms with Crippen LogP contribution in [0, 0.1) is 5.41 Å². The Balaban J connectivity index is 4.73. The fourth-order valence-electron chi connectivity index (χ4n) is 2.63. The second kappa shape index (κ2) is 9.81. The van der Waals surface area contributed by atoms with Crippen molar-refractivity contribution in [2.24, 2.45) is 5.41 Å². The Morgan fingerprint density at radius 2 is 1.43 bits per heavy atom. The molecule has 3 heteroatoms. The van der Waals surface area contributed by atoms with Gasteiger partial charge in [-0.05, 0) is 66.1 Å². The van der Waals surface area contributed by atoms with E-state index < -0.39 is 0 Å². The van der Waals surface area contributed by atoms with E-state index in [0.717, 1.165) is 13.1 Å². The molecule has 128 valence electrons. The standard InChI is InChI=1S/C18H41N3/c1-9-12-21(14-13-20(7)8)16-18(10-2,11-3)15-19-17(4,5)6/h19H,9-16H2,1-8H3. The third-order valence-electron chi connectivity index (χ3n) is 4.46. The SMILES string of the molecule is CCCN(CCN(C)C)CC(CC)(CC)CNC(C)(C)C. The molecular weight excluding hydrogens is 258 g/mol. The van der Waals surface area contributed by atoms with Crippen LogP contribution < -0.4 is 5.32 Å². The van der Waals surface area contributed by atoms with Crippen molar-refractivity contribution < 1.29 is 0 Å². The normalized spacial score (nSPS) is 13.4. The molecule has 0 spiro atoms. The van der Waals surface area contributed by atoms with E-state index in [9.17, 15) is 0 Å². The van der Waals surface area contributed by atoms with Crippen molar-refractivity contribution >= 4 is 0 Å². The summed E-state index contributed by atoms with van der Waals surface area (Å²) in [7, 11) is 4.33. The van der Waals surface area contributed by atoms with Gasteiger partial charge in [-0.15, -0.1) is 0 Å². The van der Waals surface area contributed by atoms with Crippen molar-refractivity contribution in [1.29, 1.82) is 0 Å². The summed E-state index contributed by atoms with van der Waals surface area (Å²) in [5.74, 6) is 0. The molecule has 3 nitrogen and oxygen atoms in total. The molecule has 0 aromatic heterocycles. The van der Waals surface area contributed by atoms with Gasteiger partial charge in [0.2, 0.25) is 0 Å². The van der Waals surface area contributed by atoms with Crippen molar-refractivity contribution in [3.8, 4) is 0 Å². The summed E-state index contributed by atoms with van der Waals surface area (Å²) >= 11 is 0. The molecule has 0 aliphatic carbocycles. The molecule has 1 N–H and O–H groups in total. The lowest BCUT2D eigenvalue weighted by Crippen LogP contribution is -2.49. The first kappa shape index (κ1) is 20.9. The molecule has 21 heavy (non-hydrogen) atoms. The quantitative estimate of drug-likeness (QED) is 0.630. The highest BCUT2D eigenvalue weighted by atomic mass is 15.2. The molecule has 0 heterocycles. The van der Waals surface area contributed by atoms with Crippen LogP contribution in [-0.2, 0) is 0 Å². The summed E-state index contributed by atoms with van der Waals surface area (Å²) in [4.78, 5) is 4.95. The predicted molar refractivity (Wildman–Crippen MR) is 96.1 cm³/mol. The Labute approximate surface area is 134 Å². The molecule has 0 radical (unpaired) electrons. The fraction of sp³-hybridized carbons (Fsp3) is 1.00. The van der Waals surface area contributed by atoms with Gasteiger partial charge in [-0.2, -0.15) is 0 Å². The average molecular weight is 300 g/mol. The second-order valence-corrected chi connectivity index (χ2v) is 7.89. The molecule has 0 amide bonds. The van der Waals surface area contributed by atoms with E-state index in [1.165, 1.54) is 38.9 Å². The van der Waals surface area contributed by atoms with Gasteiger partial charge in [0.1, 0.15) is 0 Å². The third kappa shape index (κ3) is 9.49. The minimum atomic E-state index is 0.203. The van der Waals surface area contributed by atoms with Crippen molar-refractivity contribution in [2.45, 2.75) is 66.3 Å². The maximum atomic E-state index is 3.74. The van der Waals surface area contributed by atoms with Crippen molar-refractivity contribution in [2.75, 3.05) is 46.8 Å². The number of rotatable bonds is 11. The first-order valence-electron chi connectivity index (χ1n) is 8.80. The Morgan fingerprint density at radius 1 is 0.857 bits per heavy atom. The fourth-order valence-corrected chi connectivity index (χ4v) is 2.63. The Bertz CT molecular complexity index is 252. The number of hydrogen-bond donors (Lipinski definition) is 1. The van der Waals surface area contributed by atoms with Crippen molar-refractivity contribution in [3.05, 3.63) is 0 Å². The summed E-state index contributed by atoms with van der Waals surface area (Å²) < 4.78 is 0. The lowest BCUT2D eigenvalue weighted by Gasteiger charge is -2.40. The Hall–Kier alpha value is -0.120. The molecule has 0 fully saturated rings. The predicted octanol–water partition coefficient (Wildman–Crippen LogP) is 3.45. The molecule has 0 aliphatic heterocycles. The smallest absolute Gasteiger partial charge is 0.0109 e. The molecule has 0 saturated heterocycles. The van der Waals surface area contributed by atoms with Gasteiger partial charge < -0.3 is 15.1 Å². The van der Waals surface area contributed by atoms with E-state index in [1.54, 1.807) is 0 Å². The molecule has 0 saturated carbocycles. The lowest BCUT2D eigenvalue weighted by atomic mass is 9.81. The van der Waals surface area contributed by atoms with Gasteiger partial charge in [0.15, 0.2) is 0 Å². The highest BCUT2D eigenvalue weighted by molar-refractivity contribution is 4.86. The van der Waals surface area contributed by atoms with E-state index in [1.807, 2.05) is 0 Å². The van der Waals surface area contributed by atoms with Crippen LogP contribution in [0.3, 0.4) is 0 Å². The largest absolute Gasteiger partial charge is 0.311 e. The van der Waals surface area contributed by atoms with Gasteiger partial charge in [0, 0.05) is 31.7 Å². The maximum absolute atomic E-state index is 3.74. The van der Waals surface area contributed by atoms with E-state index >= 15 is 0 Å². The van der Waals surface area contributed by atoms with Crippen molar-refractivity contribution in [3.63, 3.8) is 0 Å². The minimum absolute atomic E-state index is 0.203. The summed E-state index contributed by atoms with van der Waals surface area (Å²) in [5.41, 5.74) is 0.601. The molecule has 0 rings (SSSR count). The Morgan fingerprint density at radius 3 is 1.81 bits per heavy atom. The van der Waals surface area contributed by atoms with Crippen LogP contribution >= 0.6 is 0 Å². The van der Waals surface area contributed by atoms with Crippen molar-refractivity contribution in [1.82, 2.24) is 15.1 Å². The number of hydrogen-bond acceptors (Lipinski definition) is 3. The lowest BCUT2D eigenvalue weighted by molar-refractivity contribution is 0.119. The Kier molecular flexibility index (Phi) is 9.75. The van der Waals surface area contributed by atoms with Crippen LogP contribution in [0.25, 0.3) is 0 Å². The van der Waals surface area contributed by atoms with Crippen LogP contribution in [0.1, 0.15) is 60.8 Å². The minimum Gasteiger partial charge on any atom is -0.311 e. The molecule has 0 aromatic carbocycles. The summed E-state index contributed by atoms with van der Waals surface area (Å²) in [6.45, 7) is 19.6. The zero-order valence-electron chi connectivity index (χ0n) is 16.1. The highest BCUT2D eigenvalue weighted by Gasteiger charge is 2.29. The third-order valence-corrected chi connectivity index (χ3v) is 4.46. The topological polar surface area (TPSA) is 18.5 Å². The number of nitrogens with zero attached hydrogens (tertiary/aromatic N) is 2. The molecule has 0 unspecified atom stereocenters. The molecular formula is C18H41N3. The van der Waals surface area contributed by atoms with Gasteiger partial charge in [-0.3, -0.25) is 0 Å². The van der Waals surface area contributed by atoms with Crippen LogP contribution in [0.4, 0.5) is 0 Å². The van der Waals surface area contributed by atoms with Gasteiger partial charge in [0.25, 0.3) is 0 Å². The zero-order valence-corrected chi connectivity index (χ0v) is 16.1. The van der Waals surface area contributed by atoms with Gasteiger partial charge in [-0.1, -0.05) is 20.8 Å². The summed E-state index contributed by atoms with van der Waals surface area (Å²) in [5, 5.41) is 3.74. The molecule has 0 bridgehead atoms. The zero-order chi connectivity index (χ0) is 16.5. The first-order chi connectivity index (χ1) is 9.68. The maximum Gasteiger partial charge on any atom is 0.0109 e. The highest BCUT2D eigenvalue weighted by Crippen LogP contribution is 2.28. The van der Waals surface area contributed by atoms with Crippen LogP contribution in [0.15, 0.2) is 0 Å². The van der Waals surface area contributed by atoms with Crippen LogP contribution in [0.5, 0.6) is 0 Å². The van der Waals surface area contributed by atoms with Crippen LogP contribution in [-0.4, -0.2) is 62.2 Å². The van der Waals surface area contributed by atoms with Crippen LogP contribution in [0.2, 0.25) is 0 Å². The number of nitrogens with one attached hydrogen (secondary N) is 1. The number of likely N-dealkylation sites (N-methyl/N-ethyl adjacent to an activating group) is 1. The van der Waals surface area contributed by atoms with E-state index in [2.05, 4.69) is 70.8 Å². The van der Waals surface area contributed by atoms with E-state index in [4.69, 9.17) is 0 Å². The average Bonchev–Trinajstić information content (AvgIpc) is 2.40. The second-order valence-electron chi connectivity index (χ2n) is 7.89. The van der Waals surface area contributed by atoms with Gasteiger partial charge in [-0.25, -0.2) is 0 Å².